The van der Waals surface area contributed by atoms with Gasteiger partial charge in [-0.15, -0.1) is 0 Å². The second kappa shape index (κ2) is 11.7. The molecule has 0 spiro atoms. The highest BCUT2D eigenvalue weighted by molar-refractivity contribution is 6.10. The zero-order valence-electron chi connectivity index (χ0n) is 24.6. The van der Waals surface area contributed by atoms with Gasteiger partial charge < -0.3 is 25.2 Å². The molecule has 0 aromatic heterocycles. The predicted octanol–water partition coefficient (Wildman–Crippen LogP) is 5.25. The van der Waals surface area contributed by atoms with E-state index >= 15 is 0 Å². The number of hydrogen-bond acceptors (Lipinski definition) is 6. The van der Waals surface area contributed by atoms with Crippen molar-refractivity contribution in [3.05, 3.63) is 82.4 Å². The lowest BCUT2D eigenvalue weighted by Gasteiger charge is -2.44. The summed E-state index contributed by atoms with van der Waals surface area (Å²) in [6, 6.07) is 16.4. The van der Waals surface area contributed by atoms with Crippen molar-refractivity contribution >= 4 is 29.0 Å². The maximum atomic E-state index is 14.1. The molecule has 41 heavy (non-hydrogen) atoms. The largest absolute Gasteiger partial charge is 0.493 e. The van der Waals surface area contributed by atoms with E-state index in [-0.39, 0.29) is 6.42 Å². The number of hydrogen-bond donors (Lipinski definition) is 3. The lowest BCUT2D eigenvalue weighted by atomic mass is 9.61. The SMILES string of the molecule is COc1ccc(C2C(C(=O)Nc3cc(C)ccc3C)C(=O)CC(C)(O)C2C(=O)Nc2cc(C)ccc2C)cc1OC. The average Bonchev–Trinajstić information content (AvgIpc) is 2.91. The van der Waals surface area contributed by atoms with Crippen LogP contribution in [0.5, 0.6) is 11.5 Å². The Hall–Kier alpha value is -4.17. The Labute approximate surface area is 241 Å². The van der Waals surface area contributed by atoms with Crippen LogP contribution in [0, 0.1) is 39.5 Å². The Kier molecular flexibility index (Phi) is 8.54. The summed E-state index contributed by atoms with van der Waals surface area (Å²) in [5.74, 6) is -4.03. The van der Waals surface area contributed by atoms with Crippen molar-refractivity contribution in [3.63, 3.8) is 0 Å². The van der Waals surface area contributed by atoms with Gasteiger partial charge in [0.1, 0.15) is 11.7 Å². The summed E-state index contributed by atoms with van der Waals surface area (Å²) >= 11 is 0. The number of carbonyl (C=O) groups is 3. The zero-order chi connectivity index (χ0) is 30.1. The first-order chi connectivity index (χ1) is 19.4. The van der Waals surface area contributed by atoms with Crippen molar-refractivity contribution < 1.29 is 29.0 Å². The smallest absolute Gasteiger partial charge is 0.235 e. The van der Waals surface area contributed by atoms with Gasteiger partial charge in [0.2, 0.25) is 11.8 Å². The van der Waals surface area contributed by atoms with E-state index in [9.17, 15) is 19.5 Å². The molecular formula is C33H38N2O6. The number of ether oxygens (including phenoxy) is 2. The molecule has 3 aromatic carbocycles. The van der Waals surface area contributed by atoms with Crippen molar-refractivity contribution in [1.29, 1.82) is 0 Å². The Morgan fingerprint density at radius 2 is 1.34 bits per heavy atom. The number of Topliss-reactive ketones (excluding diaryl/α,β-unsaturated/α-hetero) is 1. The number of methoxy groups -OCH3 is 2. The number of ketones is 1. The molecule has 4 atom stereocenters. The van der Waals surface area contributed by atoms with Gasteiger partial charge in [0.15, 0.2) is 11.5 Å². The van der Waals surface area contributed by atoms with Crippen molar-refractivity contribution in [2.75, 3.05) is 24.9 Å². The normalized spacial score (nSPS) is 22.1. The molecule has 0 heterocycles. The van der Waals surface area contributed by atoms with Crippen LogP contribution in [0.25, 0.3) is 0 Å². The van der Waals surface area contributed by atoms with Gasteiger partial charge in [-0.1, -0.05) is 30.3 Å². The number of amides is 2. The standard InChI is InChI=1S/C33H38N2O6/c1-18-8-10-20(3)23(14-18)34-31(37)29-25(36)17-33(5,39)30(32(38)35-24-15-19(2)9-11-21(24)4)28(29)22-12-13-26(40-6)27(16-22)41-7/h8-16,28-30,39H,17H2,1-7H3,(H,34,37)(H,35,38). The van der Waals surface area contributed by atoms with Crippen LogP contribution in [-0.4, -0.2) is 42.5 Å². The van der Waals surface area contributed by atoms with Crippen LogP contribution in [0.3, 0.4) is 0 Å². The third kappa shape index (κ3) is 6.12. The molecule has 1 aliphatic carbocycles. The van der Waals surface area contributed by atoms with E-state index in [0.717, 1.165) is 22.3 Å². The van der Waals surface area contributed by atoms with Gasteiger partial charge in [0, 0.05) is 23.7 Å². The maximum absolute atomic E-state index is 14.1. The third-order valence-corrected chi connectivity index (χ3v) is 7.93. The van der Waals surface area contributed by atoms with Crippen LogP contribution in [0.15, 0.2) is 54.6 Å². The fourth-order valence-corrected chi connectivity index (χ4v) is 5.71. The second-order valence-electron chi connectivity index (χ2n) is 11.2. The highest BCUT2D eigenvalue weighted by Gasteiger charge is 2.56. The lowest BCUT2D eigenvalue weighted by molar-refractivity contribution is -0.150. The molecule has 0 radical (unpaired) electrons. The van der Waals surface area contributed by atoms with Crippen molar-refractivity contribution in [1.82, 2.24) is 0 Å². The molecule has 4 rings (SSSR count). The average molecular weight is 559 g/mol. The van der Waals surface area contributed by atoms with Crippen molar-refractivity contribution in [2.24, 2.45) is 11.8 Å². The molecule has 0 saturated heterocycles. The highest BCUT2D eigenvalue weighted by atomic mass is 16.5. The minimum atomic E-state index is -1.73. The van der Waals surface area contributed by atoms with E-state index in [1.165, 1.54) is 21.1 Å². The third-order valence-electron chi connectivity index (χ3n) is 7.93. The van der Waals surface area contributed by atoms with E-state index in [4.69, 9.17) is 9.47 Å². The minimum absolute atomic E-state index is 0.355. The summed E-state index contributed by atoms with van der Waals surface area (Å²) in [5, 5.41) is 17.5. The number of rotatable bonds is 7. The first-order valence-electron chi connectivity index (χ1n) is 13.6. The number of anilines is 2. The number of benzene rings is 3. The van der Waals surface area contributed by atoms with Gasteiger partial charge in [0.05, 0.1) is 25.7 Å². The first kappa shape index (κ1) is 29.8. The second-order valence-corrected chi connectivity index (χ2v) is 11.2. The molecule has 1 aliphatic rings. The molecular weight excluding hydrogens is 520 g/mol. The van der Waals surface area contributed by atoms with E-state index < -0.39 is 41.0 Å². The summed E-state index contributed by atoms with van der Waals surface area (Å²) in [4.78, 5) is 41.7. The number of aliphatic hydroxyl groups is 1. The van der Waals surface area contributed by atoms with Gasteiger partial charge in [-0.3, -0.25) is 14.4 Å². The molecule has 8 heteroatoms. The maximum Gasteiger partial charge on any atom is 0.235 e. The molecule has 4 unspecified atom stereocenters. The van der Waals surface area contributed by atoms with Crippen LogP contribution in [0.4, 0.5) is 11.4 Å². The lowest BCUT2D eigenvalue weighted by Crippen LogP contribution is -2.56. The molecule has 1 fully saturated rings. The van der Waals surface area contributed by atoms with E-state index in [0.29, 0.717) is 28.4 Å². The van der Waals surface area contributed by atoms with Crippen molar-refractivity contribution in [2.45, 2.75) is 52.6 Å². The van der Waals surface area contributed by atoms with Gasteiger partial charge in [-0.05, 0) is 86.7 Å². The van der Waals surface area contributed by atoms with Crippen molar-refractivity contribution in [3.8, 4) is 11.5 Å². The summed E-state index contributed by atoms with van der Waals surface area (Å²) in [6.45, 7) is 9.06. The zero-order valence-corrected chi connectivity index (χ0v) is 24.6. The van der Waals surface area contributed by atoms with Crippen LogP contribution in [0.2, 0.25) is 0 Å². The van der Waals surface area contributed by atoms with E-state index in [2.05, 4.69) is 10.6 Å². The molecule has 3 aromatic rings. The van der Waals surface area contributed by atoms with Gasteiger partial charge in [-0.2, -0.15) is 0 Å². The predicted molar refractivity (Wildman–Crippen MR) is 159 cm³/mol. The van der Waals surface area contributed by atoms with Gasteiger partial charge in [-0.25, -0.2) is 0 Å². The molecule has 3 N–H and O–H groups in total. The van der Waals surface area contributed by atoms with Gasteiger partial charge >= 0.3 is 0 Å². The first-order valence-corrected chi connectivity index (χ1v) is 13.6. The Balaban J connectivity index is 1.85. The molecule has 1 saturated carbocycles. The fourth-order valence-electron chi connectivity index (χ4n) is 5.71. The fraction of sp³-hybridized carbons (Fsp3) is 0.364. The highest BCUT2D eigenvalue weighted by Crippen LogP contribution is 2.48. The quantitative estimate of drug-likeness (QED) is 0.341. The van der Waals surface area contributed by atoms with Crippen LogP contribution in [0.1, 0.15) is 47.1 Å². The molecule has 0 aliphatic heterocycles. The summed E-state index contributed by atoms with van der Waals surface area (Å²) in [6.07, 6.45) is -0.355. The molecule has 0 bridgehead atoms. The number of aryl methyl sites for hydroxylation is 4. The van der Waals surface area contributed by atoms with E-state index in [1.54, 1.807) is 18.2 Å². The molecule has 8 nitrogen and oxygen atoms in total. The van der Waals surface area contributed by atoms with E-state index in [1.807, 2.05) is 64.1 Å². The Morgan fingerprint density at radius 3 is 1.88 bits per heavy atom. The van der Waals surface area contributed by atoms with Gasteiger partial charge in [0.25, 0.3) is 0 Å². The minimum Gasteiger partial charge on any atom is -0.493 e. The Bertz CT molecular complexity index is 1500. The Morgan fingerprint density at radius 1 is 0.805 bits per heavy atom. The summed E-state index contributed by atoms with van der Waals surface area (Å²) in [7, 11) is 2.99. The molecule has 2 amide bonds. The van der Waals surface area contributed by atoms with Crippen LogP contribution < -0.4 is 20.1 Å². The topological polar surface area (TPSA) is 114 Å². The summed E-state index contributed by atoms with van der Waals surface area (Å²) in [5.41, 5.74) is 3.55. The van der Waals surface area contributed by atoms with Crippen LogP contribution in [-0.2, 0) is 14.4 Å². The number of nitrogens with one attached hydrogen (secondary N) is 2. The van der Waals surface area contributed by atoms with Crippen LogP contribution >= 0.6 is 0 Å². The number of carbonyl (C=O) groups excluding carboxylic acids is 3. The monoisotopic (exact) mass is 558 g/mol. The summed E-state index contributed by atoms with van der Waals surface area (Å²) < 4.78 is 10.9. The molecule has 216 valence electrons.